The number of aryl methyl sites for hydroxylation is 1. The molecule has 3 heterocycles. The summed E-state index contributed by atoms with van der Waals surface area (Å²) in [4.78, 5) is 37.3. The van der Waals surface area contributed by atoms with Crippen molar-refractivity contribution >= 4 is 12.2 Å². The third-order valence-corrected chi connectivity index (χ3v) is 4.00. The van der Waals surface area contributed by atoms with Crippen molar-refractivity contribution in [2.24, 2.45) is 0 Å². The van der Waals surface area contributed by atoms with Gasteiger partial charge in [-0.3, -0.25) is 9.59 Å². The van der Waals surface area contributed by atoms with Crippen molar-refractivity contribution in [3.8, 4) is 0 Å². The van der Waals surface area contributed by atoms with E-state index < -0.39 is 11.1 Å². The molecule has 0 aliphatic carbocycles. The fraction of sp³-hybridized carbons (Fsp3) is 0.316. The largest absolute Gasteiger partial charge is 0.462 e. The highest BCUT2D eigenvalue weighted by Gasteiger charge is 2.19. The van der Waals surface area contributed by atoms with Gasteiger partial charge < -0.3 is 19.4 Å². The van der Waals surface area contributed by atoms with Gasteiger partial charge in [0.25, 0.3) is 11.1 Å². The third kappa shape index (κ3) is 3.61. The van der Waals surface area contributed by atoms with E-state index in [-0.39, 0.29) is 16.1 Å². The molecule has 0 atom stereocenters. The van der Waals surface area contributed by atoms with E-state index in [4.69, 9.17) is 4.42 Å². The Morgan fingerprint density at radius 2 is 1.73 bits per heavy atom. The molecule has 26 heavy (non-hydrogen) atoms. The number of furan rings is 1. The first kappa shape index (κ1) is 17.7. The predicted octanol–water partition coefficient (Wildman–Crippen LogP) is 0.897. The number of hydrogen-bond donors (Lipinski definition) is 3. The highest BCUT2D eigenvalue weighted by atomic mass is 16.3. The topological polar surface area (TPSA) is 108 Å². The molecule has 0 bridgehead atoms. The monoisotopic (exact) mass is 354 g/mol. The molecule has 136 valence electrons. The fourth-order valence-electron chi connectivity index (χ4n) is 2.65. The van der Waals surface area contributed by atoms with Gasteiger partial charge in [0.05, 0.1) is 12.0 Å². The average molecular weight is 354 g/mol. The van der Waals surface area contributed by atoms with E-state index in [1.54, 1.807) is 18.5 Å². The number of nitrogens with zero attached hydrogens (tertiary/aromatic N) is 1. The summed E-state index contributed by atoms with van der Waals surface area (Å²) in [5.74, 6) is 1.33. The summed E-state index contributed by atoms with van der Waals surface area (Å²) in [7, 11) is 0. The lowest BCUT2D eigenvalue weighted by Gasteiger charge is -2.16. The smallest absolute Gasteiger partial charge is 0.272 e. The van der Waals surface area contributed by atoms with Crippen molar-refractivity contribution in [3.05, 3.63) is 72.8 Å². The minimum atomic E-state index is -0.404. The molecule has 0 aromatic carbocycles. The molecule has 3 rings (SSSR count). The number of H-pyrrole nitrogens is 3. The molecule has 0 fully saturated rings. The molecule has 3 aromatic heterocycles. The summed E-state index contributed by atoms with van der Waals surface area (Å²) >= 11 is 0. The zero-order chi connectivity index (χ0) is 18.9. The zero-order valence-corrected chi connectivity index (χ0v) is 15.3. The van der Waals surface area contributed by atoms with Gasteiger partial charge >= 0.3 is 0 Å². The lowest BCUT2D eigenvalue weighted by molar-refractivity contribution is 0.507. The van der Waals surface area contributed by atoms with E-state index in [0.717, 1.165) is 17.9 Å². The molecule has 0 radical (unpaired) electrons. The second kappa shape index (κ2) is 6.67. The Balaban J connectivity index is 2.10. The van der Waals surface area contributed by atoms with Gasteiger partial charge in [-0.2, -0.15) is 0 Å². The van der Waals surface area contributed by atoms with Crippen LogP contribution in [-0.4, -0.2) is 19.9 Å². The predicted molar refractivity (Wildman–Crippen MR) is 99.4 cm³/mol. The van der Waals surface area contributed by atoms with E-state index >= 15 is 0 Å². The fourth-order valence-corrected chi connectivity index (χ4v) is 2.65. The van der Waals surface area contributed by atoms with Crippen molar-refractivity contribution in [2.45, 2.75) is 39.5 Å². The van der Waals surface area contributed by atoms with Crippen molar-refractivity contribution < 1.29 is 4.42 Å². The summed E-state index contributed by atoms with van der Waals surface area (Å²) in [5, 5.41) is 0.292. The van der Waals surface area contributed by atoms with Gasteiger partial charge in [0.15, 0.2) is 0 Å². The summed E-state index contributed by atoms with van der Waals surface area (Å²) in [6.45, 7) is 8.09. The van der Waals surface area contributed by atoms with Crippen LogP contribution in [0.1, 0.15) is 50.6 Å². The Labute approximate surface area is 149 Å². The van der Waals surface area contributed by atoms with Gasteiger partial charge in [0.2, 0.25) is 0 Å². The quantitative estimate of drug-likeness (QED) is 0.649. The van der Waals surface area contributed by atoms with Crippen LogP contribution in [0.3, 0.4) is 0 Å². The molecule has 0 aliphatic heterocycles. The molecule has 7 heteroatoms. The van der Waals surface area contributed by atoms with Crippen molar-refractivity contribution in [1.29, 1.82) is 0 Å². The lowest BCUT2D eigenvalue weighted by Crippen LogP contribution is -2.46. The van der Waals surface area contributed by atoms with Crippen LogP contribution in [0.2, 0.25) is 0 Å². The number of nitrogens with one attached hydrogen (secondary N) is 3. The number of aromatic amines is 3. The first-order chi connectivity index (χ1) is 12.3. The minimum absolute atomic E-state index is 0.141. The highest BCUT2D eigenvalue weighted by Crippen LogP contribution is 2.22. The van der Waals surface area contributed by atoms with Crippen LogP contribution in [0.4, 0.5) is 0 Å². The van der Waals surface area contributed by atoms with E-state index in [9.17, 15) is 9.59 Å². The molecule has 3 aromatic rings. The molecule has 0 amide bonds. The van der Waals surface area contributed by atoms with Gasteiger partial charge in [-0.15, -0.1) is 0 Å². The third-order valence-electron chi connectivity index (χ3n) is 4.00. The summed E-state index contributed by atoms with van der Waals surface area (Å²) < 4.78 is 5.55. The molecule has 0 saturated carbocycles. The SMILES string of the molecule is CCc1ccc(/C=c2\[nH]c(=O)/c(=C/c3nc[nH]c3C(C)(C)C)[nH]c2=O)o1. The molecule has 0 spiro atoms. The van der Waals surface area contributed by atoms with Gasteiger partial charge in [-0.05, 0) is 18.2 Å². The Morgan fingerprint density at radius 3 is 2.31 bits per heavy atom. The van der Waals surface area contributed by atoms with Gasteiger partial charge in [0.1, 0.15) is 22.2 Å². The maximum absolute atomic E-state index is 12.4. The van der Waals surface area contributed by atoms with Crippen LogP contribution >= 0.6 is 0 Å². The van der Waals surface area contributed by atoms with Crippen molar-refractivity contribution in [2.75, 3.05) is 0 Å². The van der Waals surface area contributed by atoms with Crippen molar-refractivity contribution in [3.63, 3.8) is 0 Å². The van der Waals surface area contributed by atoms with Gasteiger partial charge in [-0.1, -0.05) is 27.7 Å². The highest BCUT2D eigenvalue weighted by molar-refractivity contribution is 5.48. The Hall–Kier alpha value is -3.09. The second-order valence-electron chi connectivity index (χ2n) is 7.09. The first-order valence-corrected chi connectivity index (χ1v) is 8.46. The maximum atomic E-state index is 12.4. The maximum Gasteiger partial charge on any atom is 0.272 e. The standard InChI is InChI=1S/C19H22N4O3/c1-5-11-6-7-12(26-11)8-14-17(24)23-15(18(25)22-14)9-13-16(19(2,3)4)21-10-20-13/h6-10H,5H2,1-4H3,(H,20,21)(H,22,25)(H,23,24)/b14-8-,15-9-. The summed E-state index contributed by atoms with van der Waals surface area (Å²) in [5.41, 5.74) is 0.531. The first-order valence-electron chi connectivity index (χ1n) is 8.46. The molecule has 0 unspecified atom stereocenters. The molecular weight excluding hydrogens is 332 g/mol. The summed E-state index contributed by atoms with van der Waals surface area (Å²) in [6.07, 6.45) is 5.42. The normalized spacial score (nSPS) is 13.5. The lowest BCUT2D eigenvalue weighted by atomic mass is 9.90. The van der Waals surface area contributed by atoms with Gasteiger partial charge in [0, 0.05) is 23.6 Å². The van der Waals surface area contributed by atoms with Crippen molar-refractivity contribution in [1.82, 2.24) is 19.9 Å². The van der Waals surface area contributed by atoms with Crippen LogP contribution in [0.15, 0.2) is 32.5 Å². The second-order valence-corrected chi connectivity index (χ2v) is 7.09. The molecule has 0 saturated heterocycles. The number of rotatable bonds is 3. The van der Waals surface area contributed by atoms with E-state index in [1.165, 1.54) is 6.08 Å². The number of imidazole rings is 1. The van der Waals surface area contributed by atoms with Crippen LogP contribution in [-0.2, 0) is 11.8 Å². The van der Waals surface area contributed by atoms with Crippen LogP contribution in [0, 0.1) is 0 Å². The molecule has 0 aliphatic rings. The Bertz CT molecular complexity index is 1150. The van der Waals surface area contributed by atoms with Crippen LogP contribution < -0.4 is 21.8 Å². The number of hydrogen-bond acceptors (Lipinski definition) is 4. The van der Waals surface area contributed by atoms with E-state index in [0.29, 0.717) is 11.5 Å². The van der Waals surface area contributed by atoms with Gasteiger partial charge in [-0.25, -0.2) is 4.98 Å². The summed E-state index contributed by atoms with van der Waals surface area (Å²) in [6, 6.07) is 3.60. The van der Waals surface area contributed by atoms with Crippen LogP contribution in [0.25, 0.3) is 12.2 Å². The van der Waals surface area contributed by atoms with Crippen LogP contribution in [0.5, 0.6) is 0 Å². The van der Waals surface area contributed by atoms with E-state index in [2.05, 4.69) is 19.9 Å². The number of aromatic nitrogens is 4. The Morgan fingerprint density at radius 1 is 1.08 bits per heavy atom. The van der Waals surface area contributed by atoms with E-state index in [1.807, 2.05) is 33.8 Å². The average Bonchev–Trinajstić information content (AvgIpc) is 3.20. The zero-order valence-electron chi connectivity index (χ0n) is 15.3. The minimum Gasteiger partial charge on any atom is -0.462 e. The molecule has 3 N–H and O–H groups in total. The molecular formula is C19H22N4O3. The Kier molecular flexibility index (Phi) is 4.54. The molecule has 7 nitrogen and oxygen atoms in total.